The third-order valence-electron chi connectivity index (χ3n) is 1.88. The van der Waals surface area contributed by atoms with Gasteiger partial charge in [-0.25, -0.2) is 9.98 Å². The summed E-state index contributed by atoms with van der Waals surface area (Å²) in [6, 6.07) is 8.62. The lowest BCUT2D eigenvalue weighted by molar-refractivity contribution is 0.587. The Bertz CT molecular complexity index is 557. The zero-order valence-corrected chi connectivity index (χ0v) is 10.4. The van der Waals surface area contributed by atoms with E-state index in [0.717, 1.165) is 15.9 Å². The molecule has 82 valence electrons. The highest BCUT2D eigenvalue weighted by molar-refractivity contribution is 7.16. The van der Waals surface area contributed by atoms with Crippen molar-refractivity contribution in [3.05, 3.63) is 23.7 Å². The lowest BCUT2D eigenvalue weighted by Crippen LogP contribution is -2.07. The lowest BCUT2D eigenvalue weighted by Gasteiger charge is -2.06. The number of nitrogens with zero attached hydrogens (tertiary/aromatic N) is 3. The molecule has 0 saturated heterocycles. The van der Waals surface area contributed by atoms with Gasteiger partial charge in [0, 0.05) is 0 Å². The summed E-state index contributed by atoms with van der Waals surface area (Å²) >= 11 is 1.61. The number of rotatable bonds is 1. The molecule has 16 heavy (non-hydrogen) atoms. The van der Waals surface area contributed by atoms with Crippen molar-refractivity contribution in [3.8, 4) is 0 Å². The number of aliphatic imine (C=N–C) groups is 2. The van der Waals surface area contributed by atoms with Crippen LogP contribution in [0.1, 0.15) is 20.8 Å². The lowest BCUT2D eigenvalue weighted by atomic mass is 10.1. The van der Waals surface area contributed by atoms with Gasteiger partial charge in [-0.3, -0.25) is 0 Å². The van der Waals surface area contributed by atoms with Crippen molar-refractivity contribution in [1.29, 1.82) is 0 Å². The molecule has 1 heterocycles. The number of aromatic nitrogens is 1. The summed E-state index contributed by atoms with van der Waals surface area (Å²) in [5.41, 5.74) is 3.58. The van der Waals surface area contributed by atoms with Crippen LogP contribution in [0.5, 0.6) is 0 Å². The molecule has 2 rings (SSSR count). The fraction of sp³-hybridized carbons (Fsp3) is 0.333. The van der Waals surface area contributed by atoms with Gasteiger partial charge in [0.05, 0.1) is 33.0 Å². The minimum Gasteiger partial charge on any atom is -0.245 e. The topological polar surface area (TPSA) is 37.6 Å². The highest BCUT2D eigenvalue weighted by Gasteiger charge is 2.04. The summed E-state index contributed by atoms with van der Waals surface area (Å²) in [5.74, 6) is 0. The van der Waals surface area contributed by atoms with Crippen LogP contribution in [0.3, 0.4) is 0 Å². The molecule has 0 saturated carbocycles. The molecule has 0 spiro atoms. The fourth-order valence-electron chi connectivity index (χ4n) is 1.15. The molecule has 0 aliphatic heterocycles. The fourth-order valence-corrected chi connectivity index (χ4v) is 1.86. The van der Waals surface area contributed by atoms with Crippen molar-refractivity contribution in [3.63, 3.8) is 0 Å². The highest BCUT2D eigenvalue weighted by atomic mass is 32.1. The van der Waals surface area contributed by atoms with E-state index in [4.69, 9.17) is 0 Å². The molecular weight excluding hydrogens is 218 g/mol. The molecule has 0 amide bonds. The van der Waals surface area contributed by atoms with Crippen LogP contribution in [0.25, 0.3) is 10.2 Å². The van der Waals surface area contributed by atoms with Gasteiger partial charge in [0.25, 0.3) is 0 Å². The van der Waals surface area contributed by atoms with Gasteiger partial charge in [-0.15, -0.1) is 11.3 Å². The Kier molecular flexibility index (Phi) is 2.86. The van der Waals surface area contributed by atoms with Crippen LogP contribution in [0, 0.1) is 0 Å². The van der Waals surface area contributed by atoms with E-state index in [1.807, 2.05) is 44.5 Å². The second-order valence-corrected chi connectivity index (χ2v) is 5.39. The summed E-state index contributed by atoms with van der Waals surface area (Å²) < 4.78 is 1.14. The molecule has 0 atom stereocenters. The van der Waals surface area contributed by atoms with Gasteiger partial charge < -0.3 is 0 Å². The molecule has 3 nitrogen and oxygen atoms in total. The summed E-state index contributed by atoms with van der Waals surface area (Å²) in [4.78, 5) is 12.6. The number of hydrogen-bond acceptors (Lipinski definition) is 4. The molecular formula is C12H13N3S. The first-order chi connectivity index (χ1) is 7.54. The van der Waals surface area contributed by atoms with Gasteiger partial charge in [-0.1, -0.05) is 0 Å². The maximum atomic E-state index is 4.21. The van der Waals surface area contributed by atoms with Crippen LogP contribution >= 0.6 is 11.3 Å². The Morgan fingerprint density at radius 1 is 1.31 bits per heavy atom. The van der Waals surface area contributed by atoms with Crippen LogP contribution in [0.2, 0.25) is 0 Å². The largest absolute Gasteiger partial charge is 0.245 e. The van der Waals surface area contributed by atoms with Crippen LogP contribution < -0.4 is 0 Å². The zero-order valence-electron chi connectivity index (χ0n) is 9.56. The van der Waals surface area contributed by atoms with Crippen LogP contribution in [-0.2, 0) is 0 Å². The van der Waals surface area contributed by atoms with E-state index in [0.29, 0.717) is 0 Å². The number of hydrogen-bond donors (Lipinski definition) is 0. The van der Waals surface area contributed by atoms with Crippen molar-refractivity contribution in [2.24, 2.45) is 9.98 Å². The number of fused-ring (bicyclic) bond motifs is 1. The predicted octanol–water partition coefficient (Wildman–Crippen LogP) is 3.90. The van der Waals surface area contributed by atoms with E-state index < -0.39 is 0 Å². The Morgan fingerprint density at radius 2 is 2.12 bits per heavy atom. The SMILES string of the molecule is CC(C)(C)N=C=Nc1ccc2ncsc2c1. The quantitative estimate of drug-likeness (QED) is 0.686. The Balaban J connectivity index is 2.31. The molecule has 0 N–H and O–H groups in total. The first-order valence-corrected chi connectivity index (χ1v) is 5.93. The minimum absolute atomic E-state index is 0.127. The summed E-state index contributed by atoms with van der Waals surface area (Å²) in [5, 5.41) is 0. The molecule has 0 aliphatic rings. The molecule has 0 bridgehead atoms. The third-order valence-corrected chi connectivity index (χ3v) is 2.67. The van der Waals surface area contributed by atoms with Crippen molar-refractivity contribution in [2.45, 2.75) is 26.3 Å². The standard InChI is InChI=1S/C12H13N3S/c1-12(2,3)15-7-13-9-4-5-10-11(6-9)16-8-14-10/h4-6,8H,1-3H3. The zero-order chi connectivity index (χ0) is 11.6. The summed E-state index contributed by atoms with van der Waals surface area (Å²) in [6.07, 6.45) is 0. The number of thiazole rings is 1. The Morgan fingerprint density at radius 3 is 2.88 bits per heavy atom. The van der Waals surface area contributed by atoms with E-state index in [-0.39, 0.29) is 5.54 Å². The first-order valence-electron chi connectivity index (χ1n) is 5.05. The maximum absolute atomic E-state index is 4.21. The molecule has 0 unspecified atom stereocenters. The number of benzene rings is 1. The monoisotopic (exact) mass is 231 g/mol. The molecule has 4 heteroatoms. The maximum Gasteiger partial charge on any atom is 0.0954 e. The van der Waals surface area contributed by atoms with Gasteiger partial charge in [-0.05, 0) is 39.0 Å². The van der Waals surface area contributed by atoms with Crippen molar-refractivity contribution < 1.29 is 0 Å². The average Bonchev–Trinajstić information content (AvgIpc) is 2.62. The summed E-state index contributed by atoms with van der Waals surface area (Å²) in [7, 11) is 0. The van der Waals surface area contributed by atoms with Crippen molar-refractivity contribution in [1.82, 2.24) is 4.98 Å². The molecule has 1 aromatic heterocycles. The minimum atomic E-state index is -0.127. The Hall–Kier alpha value is -1.51. The van der Waals surface area contributed by atoms with E-state index in [9.17, 15) is 0 Å². The molecule has 1 aromatic carbocycles. The van der Waals surface area contributed by atoms with E-state index in [1.165, 1.54) is 0 Å². The second-order valence-electron chi connectivity index (χ2n) is 4.50. The second kappa shape index (κ2) is 4.16. The van der Waals surface area contributed by atoms with Crippen molar-refractivity contribution in [2.75, 3.05) is 0 Å². The molecule has 0 radical (unpaired) electrons. The van der Waals surface area contributed by atoms with Gasteiger partial charge in [0.1, 0.15) is 0 Å². The van der Waals surface area contributed by atoms with Gasteiger partial charge in [-0.2, -0.15) is 4.99 Å². The predicted molar refractivity (Wildman–Crippen MR) is 68.9 cm³/mol. The first kappa shape index (κ1) is 11.0. The van der Waals surface area contributed by atoms with Gasteiger partial charge >= 0.3 is 0 Å². The summed E-state index contributed by atoms with van der Waals surface area (Å²) in [6.45, 7) is 6.05. The highest BCUT2D eigenvalue weighted by Crippen LogP contribution is 2.23. The van der Waals surface area contributed by atoms with Crippen LogP contribution in [0.15, 0.2) is 33.7 Å². The van der Waals surface area contributed by atoms with Gasteiger partial charge in [0.2, 0.25) is 0 Å². The molecule has 2 aromatic rings. The average molecular weight is 231 g/mol. The van der Waals surface area contributed by atoms with E-state index in [2.05, 4.69) is 21.0 Å². The normalized spacial score (nSPS) is 11.2. The van der Waals surface area contributed by atoms with Crippen LogP contribution in [0.4, 0.5) is 5.69 Å². The Labute approximate surface area is 98.6 Å². The van der Waals surface area contributed by atoms with E-state index in [1.54, 1.807) is 11.3 Å². The van der Waals surface area contributed by atoms with Crippen LogP contribution in [-0.4, -0.2) is 16.5 Å². The van der Waals surface area contributed by atoms with Crippen molar-refractivity contribution >= 4 is 33.2 Å². The molecule has 0 aliphatic carbocycles. The molecule has 0 fully saturated rings. The smallest absolute Gasteiger partial charge is 0.0954 e. The third kappa shape index (κ3) is 2.75. The van der Waals surface area contributed by atoms with Gasteiger partial charge in [0.15, 0.2) is 0 Å². The van der Waals surface area contributed by atoms with E-state index >= 15 is 0 Å².